The molecule has 3 heteroatoms. The molecule has 2 aromatic rings. The minimum atomic E-state index is -0.157. The molecule has 0 nitrogen and oxygen atoms in total. The van der Waals surface area contributed by atoms with Crippen molar-refractivity contribution in [3.8, 4) is 0 Å². The van der Waals surface area contributed by atoms with Crippen LogP contribution >= 0.6 is 27.5 Å². The van der Waals surface area contributed by atoms with E-state index in [1.165, 1.54) is 6.07 Å². The van der Waals surface area contributed by atoms with Gasteiger partial charge in [0.1, 0.15) is 5.82 Å². The van der Waals surface area contributed by atoms with Crippen molar-refractivity contribution in [2.45, 2.75) is 12.3 Å². The first-order chi connectivity index (χ1) is 8.72. The molecule has 94 valence electrons. The molecule has 1 atom stereocenters. The van der Waals surface area contributed by atoms with Gasteiger partial charge in [0.2, 0.25) is 0 Å². The van der Waals surface area contributed by atoms with Gasteiger partial charge in [-0.3, -0.25) is 0 Å². The molecule has 2 rings (SSSR count). The first-order valence-corrected chi connectivity index (χ1v) is 7.26. The van der Waals surface area contributed by atoms with Crippen molar-refractivity contribution in [2.75, 3.05) is 5.33 Å². The third-order valence-electron chi connectivity index (χ3n) is 2.96. The molecular formula is C15H13BrClF. The summed E-state index contributed by atoms with van der Waals surface area (Å²) in [6.07, 6.45) is 0.641. The number of hydrogen-bond donors (Lipinski definition) is 0. The molecule has 1 unspecified atom stereocenters. The van der Waals surface area contributed by atoms with Gasteiger partial charge in [-0.15, -0.1) is 0 Å². The van der Waals surface area contributed by atoms with E-state index in [9.17, 15) is 4.39 Å². The zero-order valence-corrected chi connectivity index (χ0v) is 12.1. The second-order valence-corrected chi connectivity index (χ2v) is 5.22. The van der Waals surface area contributed by atoms with Crippen LogP contribution in [0.3, 0.4) is 0 Å². The second-order valence-electron chi connectivity index (χ2n) is 4.17. The highest BCUT2D eigenvalue weighted by Crippen LogP contribution is 2.29. The average Bonchev–Trinajstić information content (AvgIpc) is 2.39. The minimum Gasteiger partial charge on any atom is -0.207 e. The number of hydrogen-bond acceptors (Lipinski definition) is 0. The van der Waals surface area contributed by atoms with Gasteiger partial charge in [0.15, 0.2) is 0 Å². The number of halogens is 3. The Morgan fingerprint density at radius 3 is 2.39 bits per heavy atom. The van der Waals surface area contributed by atoms with E-state index in [0.29, 0.717) is 6.42 Å². The second kappa shape index (κ2) is 6.35. The summed E-state index contributed by atoms with van der Waals surface area (Å²) < 4.78 is 13.7. The van der Waals surface area contributed by atoms with Crippen molar-refractivity contribution in [3.05, 3.63) is 70.5 Å². The Morgan fingerprint density at radius 2 is 1.72 bits per heavy atom. The Bertz CT molecular complexity index is 527. The zero-order valence-electron chi connectivity index (χ0n) is 9.74. The SMILES string of the molecule is Fc1ccccc1CC(CBr)c1ccccc1Cl. The summed E-state index contributed by atoms with van der Waals surface area (Å²) in [4.78, 5) is 0. The molecule has 0 aliphatic rings. The lowest BCUT2D eigenvalue weighted by Gasteiger charge is -2.16. The first kappa shape index (κ1) is 13.6. The molecule has 0 fully saturated rings. The van der Waals surface area contributed by atoms with Crippen LogP contribution in [0.1, 0.15) is 17.0 Å². The van der Waals surface area contributed by atoms with Gasteiger partial charge in [-0.05, 0) is 35.6 Å². The van der Waals surface area contributed by atoms with Gasteiger partial charge >= 0.3 is 0 Å². The zero-order chi connectivity index (χ0) is 13.0. The van der Waals surface area contributed by atoms with Gasteiger partial charge in [-0.1, -0.05) is 63.9 Å². The Hall–Kier alpha value is -0.860. The van der Waals surface area contributed by atoms with E-state index in [-0.39, 0.29) is 11.7 Å². The fourth-order valence-corrected chi connectivity index (χ4v) is 2.85. The van der Waals surface area contributed by atoms with Crippen molar-refractivity contribution in [3.63, 3.8) is 0 Å². The maximum atomic E-state index is 13.7. The monoisotopic (exact) mass is 326 g/mol. The molecule has 0 aliphatic heterocycles. The molecule has 18 heavy (non-hydrogen) atoms. The molecule has 0 heterocycles. The van der Waals surface area contributed by atoms with Crippen molar-refractivity contribution >= 4 is 27.5 Å². The summed E-state index contributed by atoms with van der Waals surface area (Å²) in [6.45, 7) is 0. The summed E-state index contributed by atoms with van der Waals surface area (Å²) in [6, 6.07) is 14.6. The van der Waals surface area contributed by atoms with Crippen molar-refractivity contribution in [1.82, 2.24) is 0 Å². The van der Waals surface area contributed by atoms with Crippen molar-refractivity contribution < 1.29 is 4.39 Å². The normalized spacial score (nSPS) is 12.4. The molecule has 0 spiro atoms. The van der Waals surface area contributed by atoms with Crippen LogP contribution in [0.15, 0.2) is 48.5 Å². The van der Waals surface area contributed by atoms with E-state index >= 15 is 0 Å². The predicted octanol–water partition coefficient (Wildman–Crippen LogP) is 5.20. The Morgan fingerprint density at radius 1 is 1.06 bits per heavy atom. The minimum absolute atomic E-state index is 0.157. The topological polar surface area (TPSA) is 0 Å². The molecule has 0 saturated carbocycles. The molecule has 0 N–H and O–H groups in total. The molecule has 0 amide bonds. The maximum absolute atomic E-state index is 13.7. The summed E-state index contributed by atoms with van der Waals surface area (Å²) in [5.41, 5.74) is 1.78. The van der Waals surface area contributed by atoms with Crippen molar-refractivity contribution in [2.24, 2.45) is 0 Å². The number of alkyl halides is 1. The Balaban J connectivity index is 2.26. The molecule has 0 radical (unpaired) electrons. The van der Waals surface area contributed by atoms with E-state index in [1.54, 1.807) is 6.07 Å². The van der Waals surface area contributed by atoms with E-state index in [4.69, 9.17) is 11.6 Å². The van der Waals surface area contributed by atoms with Gasteiger partial charge in [0.25, 0.3) is 0 Å². The molecular weight excluding hydrogens is 315 g/mol. The lowest BCUT2D eigenvalue weighted by molar-refractivity contribution is 0.599. The van der Waals surface area contributed by atoms with Crippen LogP contribution in [0, 0.1) is 5.82 Å². The summed E-state index contributed by atoms with van der Waals surface area (Å²) >= 11 is 9.68. The van der Waals surface area contributed by atoms with Gasteiger partial charge in [0.05, 0.1) is 0 Å². The Labute approximate surface area is 120 Å². The van der Waals surface area contributed by atoms with Crippen LogP contribution in [-0.2, 0) is 6.42 Å². The smallest absolute Gasteiger partial charge is 0.126 e. The van der Waals surface area contributed by atoms with E-state index in [2.05, 4.69) is 15.9 Å². The highest BCUT2D eigenvalue weighted by molar-refractivity contribution is 9.09. The fraction of sp³-hybridized carbons (Fsp3) is 0.200. The van der Waals surface area contributed by atoms with Crippen LogP contribution in [0.25, 0.3) is 0 Å². The largest absolute Gasteiger partial charge is 0.207 e. The van der Waals surface area contributed by atoms with Gasteiger partial charge in [-0.2, -0.15) is 0 Å². The molecule has 2 aromatic carbocycles. The first-order valence-electron chi connectivity index (χ1n) is 5.76. The van der Waals surface area contributed by atoms with E-state index in [0.717, 1.165) is 21.5 Å². The van der Waals surface area contributed by atoms with Crippen LogP contribution < -0.4 is 0 Å². The van der Waals surface area contributed by atoms with Crippen molar-refractivity contribution in [1.29, 1.82) is 0 Å². The van der Waals surface area contributed by atoms with Crippen LogP contribution in [0.4, 0.5) is 4.39 Å². The standard InChI is InChI=1S/C15H13BrClF/c16-10-12(13-6-2-3-7-14(13)17)9-11-5-1-4-8-15(11)18/h1-8,12H,9-10H2. The summed E-state index contributed by atoms with van der Waals surface area (Å²) in [7, 11) is 0. The average molecular weight is 328 g/mol. The summed E-state index contributed by atoms with van der Waals surface area (Å²) in [5.74, 6) is 0.0195. The molecule has 0 aromatic heterocycles. The van der Waals surface area contributed by atoms with Gasteiger partial charge in [0, 0.05) is 10.4 Å². The van der Waals surface area contributed by atoms with Gasteiger partial charge < -0.3 is 0 Å². The van der Waals surface area contributed by atoms with Crippen LogP contribution in [-0.4, -0.2) is 5.33 Å². The highest BCUT2D eigenvalue weighted by atomic mass is 79.9. The number of benzene rings is 2. The lowest BCUT2D eigenvalue weighted by atomic mass is 9.93. The molecule has 0 saturated heterocycles. The third kappa shape index (κ3) is 3.12. The molecule has 0 bridgehead atoms. The Kier molecular flexibility index (Phi) is 4.79. The van der Waals surface area contributed by atoms with Crippen LogP contribution in [0.2, 0.25) is 5.02 Å². The fourth-order valence-electron chi connectivity index (χ4n) is 1.98. The third-order valence-corrected chi connectivity index (χ3v) is 4.08. The highest BCUT2D eigenvalue weighted by Gasteiger charge is 2.15. The quantitative estimate of drug-likeness (QED) is 0.677. The van der Waals surface area contributed by atoms with Gasteiger partial charge in [-0.25, -0.2) is 4.39 Å². The maximum Gasteiger partial charge on any atom is 0.126 e. The number of rotatable bonds is 4. The van der Waals surface area contributed by atoms with E-state index < -0.39 is 0 Å². The summed E-state index contributed by atoms with van der Waals surface area (Å²) in [5, 5.41) is 1.49. The van der Waals surface area contributed by atoms with Crippen LogP contribution in [0.5, 0.6) is 0 Å². The molecule has 0 aliphatic carbocycles. The lowest BCUT2D eigenvalue weighted by Crippen LogP contribution is -2.06. The van der Waals surface area contributed by atoms with E-state index in [1.807, 2.05) is 36.4 Å². The predicted molar refractivity (Wildman–Crippen MR) is 78.1 cm³/mol.